The van der Waals surface area contributed by atoms with E-state index in [-0.39, 0.29) is 24.4 Å². The summed E-state index contributed by atoms with van der Waals surface area (Å²) in [6.07, 6.45) is 2.41. The lowest BCUT2D eigenvalue weighted by Gasteiger charge is -2.32. The first kappa shape index (κ1) is 16.9. The number of benzene rings is 1. The van der Waals surface area contributed by atoms with E-state index < -0.39 is 0 Å². The predicted molar refractivity (Wildman–Crippen MR) is 82.5 cm³/mol. The molecule has 2 rings (SSSR count). The SMILES string of the molecule is Cc1cc(C(=O)N2CCC(OCCCO)CC2)cc(C)c1F. The number of aliphatic hydroxyl groups excluding tert-OH is 1. The predicted octanol–water partition coefficient (Wildman–Crippen LogP) is 2.45. The monoisotopic (exact) mass is 309 g/mol. The maximum absolute atomic E-state index is 13.7. The van der Waals surface area contributed by atoms with Crippen LogP contribution in [0.25, 0.3) is 0 Å². The zero-order valence-corrected chi connectivity index (χ0v) is 13.3. The molecule has 0 spiro atoms. The molecule has 0 saturated carbocycles. The van der Waals surface area contributed by atoms with Crippen LogP contribution < -0.4 is 0 Å². The summed E-state index contributed by atoms with van der Waals surface area (Å²) in [5.74, 6) is -0.285. The summed E-state index contributed by atoms with van der Waals surface area (Å²) in [5, 5.41) is 8.74. The van der Waals surface area contributed by atoms with Gasteiger partial charge in [0.05, 0.1) is 6.10 Å². The van der Waals surface area contributed by atoms with Gasteiger partial charge in [-0.2, -0.15) is 0 Å². The van der Waals surface area contributed by atoms with E-state index in [2.05, 4.69) is 0 Å². The second-order valence-corrected chi connectivity index (χ2v) is 5.86. The molecular formula is C17H24FNO3. The van der Waals surface area contributed by atoms with Crippen LogP contribution in [0.5, 0.6) is 0 Å². The summed E-state index contributed by atoms with van der Waals surface area (Å²) >= 11 is 0. The molecule has 1 saturated heterocycles. The molecule has 22 heavy (non-hydrogen) atoms. The third-order valence-electron chi connectivity index (χ3n) is 4.07. The molecule has 0 aromatic heterocycles. The summed E-state index contributed by atoms with van der Waals surface area (Å²) in [5.41, 5.74) is 1.56. The van der Waals surface area contributed by atoms with Crippen molar-refractivity contribution in [1.82, 2.24) is 4.90 Å². The van der Waals surface area contributed by atoms with Gasteiger partial charge in [-0.25, -0.2) is 4.39 Å². The van der Waals surface area contributed by atoms with Gasteiger partial charge in [-0.15, -0.1) is 0 Å². The van der Waals surface area contributed by atoms with Crippen molar-refractivity contribution in [2.45, 2.75) is 39.2 Å². The fourth-order valence-corrected chi connectivity index (χ4v) is 2.79. The largest absolute Gasteiger partial charge is 0.396 e. The number of rotatable bonds is 5. The zero-order chi connectivity index (χ0) is 16.1. The Balaban J connectivity index is 1.92. The number of amides is 1. The smallest absolute Gasteiger partial charge is 0.253 e. The topological polar surface area (TPSA) is 49.8 Å². The van der Waals surface area contributed by atoms with Crippen LogP contribution in [0.15, 0.2) is 12.1 Å². The van der Waals surface area contributed by atoms with Crippen molar-refractivity contribution in [3.05, 3.63) is 34.6 Å². The van der Waals surface area contributed by atoms with Crippen molar-refractivity contribution in [3.63, 3.8) is 0 Å². The first-order chi connectivity index (χ1) is 10.5. The molecule has 5 heteroatoms. The molecule has 1 amide bonds. The van der Waals surface area contributed by atoms with E-state index in [4.69, 9.17) is 9.84 Å². The van der Waals surface area contributed by atoms with Gasteiger partial charge < -0.3 is 14.7 Å². The Morgan fingerprint density at radius 1 is 1.32 bits per heavy atom. The maximum atomic E-state index is 13.7. The second-order valence-electron chi connectivity index (χ2n) is 5.86. The number of carbonyl (C=O) groups excluding carboxylic acids is 1. The number of aryl methyl sites for hydroxylation is 2. The highest BCUT2D eigenvalue weighted by Crippen LogP contribution is 2.20. The van der Waals surface area contributed by atoms with Crippen molar-refractivity contribution >= 4 is 5.91 Å². The fraction of sp³-hybridized carbons (Fsp3) is 0.588. The van der Waals surface area contributed by atoms with Gasteiger partial charge in [-0.05, 0) is 56.4 Å². The molecule has 1 aromatic rings. The Kier molecular flexibility index (Phi) is 5.91. The van der Waals surface area contributed by atoms with Crippen LogP contribution in [-0.4, -0.2) is 48.3 Å². The summed E-state index contributed by atoms with van der Waals surface area (Å²) in [6, 6.07) is 3.24. The Bertz CT molecular complexity index is 502. The number of carbonyl (C=O) groups is 1. The Morgan fingerprint density at radius 3 is 2.45 bits per heavy atom. The molecule has 1 N–H and O–H groups in total. The standard InChI is InChI=1S/C17H24FNO3/c1-12-10-14(11-13(2)16(12)18)17(21)19-6-4-15(5-7-19)22-9-3-8-20/h10-11,15,20H,3-9H2,1-2H3. The first-order valence-corrected chi connectivity index (χ1v) is 7.81. The van der Waals surface area contributed by atoms with Gasteiger partial charge in [0.2, 0.25) is 0 Å². The normalized spacial score (nSPS) is 16.1. The number of nitrogens with zero attached hydrogens (tertiary/aromatic N) is 1. The molecular weight excluding hydrogens is 285 g/mol. The number of hydrogen-bond acceptors (Lipinski definition) is 3. The molecule has 0 unspecified atom stereocenters. The van der Waals surface area contributed by atoms with Crippen LogP contribution in [0.3, 0.4) is 0 Å². The van der Waals surface area contributed by atoms with Crippen LogP contribution >= 0.6 is 0 Å². The number of hydrogen-bond donors (Lipinski definition) is 1. The van der Waals surface area contributed by atoms with E-state index in [0.29, 0.717) is 42.8 Å². The van der Waals surface area contributed by atoms with Gasteiger partial charge in [0.1, 0.15) is 5.82 Å². The van der Waals surface area contributed by atoms with Crippen molar-refractivity contribution in [1.29, 1.82) is 0 Å². The average molecular weight is 309 g/mol. The minimum absolute atomic E-state index is 0.0417. The summed E-state index contributed by atoms with van der Waals surface area (Å²) < 4.78 is 19.3. The van der Waals surface area contributed by atoms with E-state index in [1.165, 1.54) is 0 Å². The quantitative estimate of drug-likeness (QED) is 0.850. The first-order valence-electron chi connectivity index (χ1n) is 7.81. The second kappa shape index (κ2) is 7.70. The molecule has 122 valence electrons. The Labute approximate surface area is 130 Å². The molecule has 0 radical (unpaired) electrons. The summed E-state index contributed by atoms with van der Waals surface area (Å²) in [4.78, 5) is 14.3. The molecule has 1 fully saturated rings. The number of likely N-dealkylation sites (tertiary alicyclic amines) is 1. The van der Waals surface area contributed by atoms with Crippen molar-refractivity contribution in [3.8, 4) is 0 Å². The van der Waals surface area contributed by atoms with Crippen LogP contribution in [0.1, 0.15) is 40.7 Å². The van der Waals surface area contributed by atoms with Crippen molar-refractivity contribution in [2.24, 2.45) is 0 Å². The molecule has 0 bridgehead atoms. The Hall–Kier alpha value is -1.46. The molecule has 4 nitrogen and oxygen atoms in total. The lowest BCUT2D eigenvalue weighted by Crippen LogP contribution is -2.41. The third-order valence-corrected chi connectivity index (χ3v) is 4.07. The van der Waals surface area contributed by atoms with Gasteiger partial charge in [0.15, 0.2) is 0 Å². The maximum Gasteiger partial charge on any atom is 0.253 e. The molecule has 1 aliphatic heterocycles. The number of ether oxygens (including phenoxy) is 1. The average Bonchev–Trinajstić information content (AvgIpc) is 2.52. The van der Waals surface area contributed by atoms with E-state index >= 15 is 0 Å². The van der Waals surface area contributed by atoms with E-state index in [0.717, 1.165) is 12.8 Å². The minimum atomic E-state index is -0.243. The van der Waals surface area contributed by atoms with Crippen LogP contribution in [-0.2, 0) is 4.74 Å². The van der Waals surface area contributed by atoms with Gasteiger partial charge in [-0.1, -0.05) is 0 Å². The third kappa shape index (κ3) is 4.05. The highest BCUT2D eigenvalue weighted by Gasteiger charge is 2.24. The summed E-state index contributed by atoms with van der Waals surface area (Å²) in [7, 11) is 0. The van der Waals surface area contributed by atoms with E-state index in [9.17, 15) is 9.18 Å². The number of halogens is 1. The van der Waals surface area contributed by atoms with E-state index in [1.807, 2.05) is 0 Å². The lowest BCUT2D eigenvalue weighted by molar-refractivity contribution is 0.00397. The zero-order valence-electron chi connectivity index (χ0n) is 13.3. The number of aliphatic hydroxyl groups is 1. The van der Waals surface area contributed by atoms with Crippen molar-refractivity contribution in [2.75, 3.05) is 26.3 Å². The molecule has 1 aliphatic rings. The molecule has 0 atom stereocenters. The van der Waals surface area contributed by atoms with Gasteiger partial charge in [-0.3, -0.25) is 4.79 Å². The molecule has 1 aromatic carbocycles. The van der Waals surface area contributed by atoms with Gasteiger partial charge in [0, 0.05) is 31.9 Å². The van der Waals surface area contributed by atoms with Crippen LogP contribution in [0, 0.1) is 19.7 Å². The minimum Gasteiger partial charge on any atom is -0.396 e. The molecule has 0 aliphatic carbocycles. The van der Waals surface area contributed by atoms with Gasteiger partial charge in [0.25, 0.3) is 5.91 Å². The summed E-state index contributed by atoms with van der Waals surface area (Å²) in [6.45, 7) is 5.36. The molecule has 1 heterocycles. The highest BCUT2D eigenvalue weighted by atomic mass is 19.1. The van der Waals surface area contributed by atoms with Crippen molar-refractivity contribution < 1.29 is 19.0 Å². The number of piperidine rings is 1. The Morgan fingerprint density at radius 2 is 1.91 bits per heavy atom. The van der Waals surface area contributed by atoms with E-state index in [1.54, 1.807) is 30.9 Å². The fourth-order valence-electron chi connectivity index (χ4n) is 2.79. The highest BCUT2D eigenvalue weighted by molar-refractivity contribution is 5.94. The lowest BCUT2D eigenvalue weighted by atomic mass is 10.0. The van der Waals surface area contributed by atoms with Crippen LogP contribution in [0.4, 0.5) is 4.39 Å². The van der Waals surface area contributed by atoms with Gasteiger partial charge >= 0.3 is 0 Å². The van der Waals surface area contributed by atoms with Crippen LogP contribution in [0.2, 0.25) is 0 Å².